The van der Waals surface area contributed by atoms with Gasteiger partial charge in [0, 0.05) is 5.02 Å². The van der Waals surface area contributed by atoms with Crippen LogP contribution in [0.4, 0.5) is 0 Å². The van der Waals surface area contributed by atoms with Gasteiger partial charge in [-0.1, -0.05) is 67.7 Å². The Morgan fingerprint density at radius 1 is 1.18 bits per heavy atom. The Kier molecular flexibility index (Phi) is 6.28. The molecule has 3 nitrogen and oxygen atoms in total. The fraction of sp³-hybridized carbons (Fsp3) is 0.318. The quantitative estimate of drug-likeness (QED) is 0.353. The lowest BCUT2D eigenvalue weighted by molar-refractivity contribution is 0.267. The summed E-state index contributed by atoms with van der Waals surface area (Å²) in [6, 6.07) is 7.60. The van der Waals surface area contributed by atoms with Crippen molar-refractivity contribution in [2.75, 3.05) is 0 Å². The summed E-state index contributed by atoms with van der Waals surface area (Å²) in [5.41, 5.74) is 3.08. The van der Waals surface area contributed by atoms with Crippen LogP contribution in [-0.4, -0.2) is 4.98 Å². The van der Waals surface area contributed by atoms with E-state index in [1.807, 2.05) is 18.2 Å². The first-order chi connectivity index (χ1) is 13.3. The fourth-order valence-corrected chi connectivity index (χ4v) is 3.73. The van der Waals surface area contributed by atoms with Crippen molar-refractivity contribution in [2.45, 2.75) is 45.6 Å². The van der Waals surface area contributed by atoms with Crippen molar-refractivity contribution in [1.29, 1.82) is 0 Å². The highest BCUT2D eigenvalue weighted by molar-refractivity contribution is 6.39. The van der Waals surface area contributed by atoms with Gasteiger partial charge in [-0.15, -0.1) is 6.58 Å². The van der Waals surface area contributed by atoms with Crippen LogP contribution in [0.15, 0.2) is 41.3 Å². The van der Waals surface area contributed by atoms with E-state index in [2.05, 4.69) is 32.3 Å². The predicted octanol–water partition coefficient (Wildman–Crippen LogP) is 7.78. The molecule has 0 spiro atoms. The number of rotatable bonds is 7. The third-order valence-corrected chi connectivity index (χ3v) is 6.04. The second kappa shape index (κ2) is 8.36. The molecule has 28 heavy (non-hydrogen) atoms. The molecule has 3 aromatic rings. The lowest BCUT2D eigenvalue weighted by atomic mass is 9.82. The first-order valence-electron chi connectivity index (χ1n) is 9.06. The molecule has 0 saturated carbocycles. The van der Waals surface area contributed by atoms with E-state index in [1.165, 1.54) is 5.56 Å². The van der Waals surface area contributed by atoms with Crippen LogP contribution in [0, 0.1) is 0 Å². The van der Waals surface area contributed by atoms with Gasteiger partial charge in [-0.3, -0.25) is 0 Å². The maximum Gasteiger partial charge on any atom is 0.233 e. The van der Waals surface area contributed by atoms with E-state index in [0.717, 1.165) is 12.0 Å². The van der Waals surface area contributed by atoms with Crippen molar-refractivity contribution < 1.29 is 9.15 Å². The number of benzene rings is 2. The second-order valence-electron chi connectivity index (χ2n) is 7.27. The van der Waals surface area contributed by atoms with Gasteiger partial charge in [-0.2, -0.15) is 0 Å². The topological polar surface area (TPSA) is 35.3 Å². The highest BCUT2D eigenvalue weighted by Crippen LogP contribution is 2.36. The van der Waals surface area contributed by atoms with Gasteiger partial charge in [0.15, 0.2) is 12.2 Å². The highest BCUT2D eigenvalue weighted by Gasteiger charge is 2.20. The Morgan fingerprint density at radius 2 is 1.93 bits per heavy atom. The van der Waals surface area contributed by atoms with Gasteiger partial charge in [0.1, 0.15) is 11.3 Å². The lowest BCUT2D eigenvalue weighted by Crippen LogP contribution is -2.15. The molecule has 3 rings (SSSR count). The van der Waals surface area contributed by atoms with Crippen LogP contribution < -0.4 is 4.74 Å². The molecular formula is C22H22Cl3NO2. The second-order valence-corrected chi connectivity index (χ2v) is 8.46. The molecular weight excluding hydrogens is 417 g/mol. The van der Waals surface area contributed by atoms with E-state index < -0.39 is 0 Å². The molecule has 0 fully saturated rings. The predicted molar refractivity (Wildman–Crippen MR) is 117 cm³/mol. The molecule has 0 N–H and O–H groups in total. The Morgan fingerprint density at radius 3 is 2.57 bits per heavy atom. The van der Waals surface area contributed by atoms with E-state index in [9.17, 15) is 0 Å². The summed E-state index contributed by atoms with van der Waals surface area (Å²) >= 11 is 19.1. The normalized spacial score (nSPS) is 11.8. The van der Waals surface area contributed by atoms with Crippen LogP contribution in [0.1, 0.15) is 44.2 Å². The summed E-state index contributed by atoms with van der Waals surface area (Å²) in [6.45, 7) is 10.4. The number of fused-ring (bicyclic) bond motifs is 1. The summed E-state index contributed by atoms with van der Waals surface area (Å²) in [5.74, 6) is 0.980. The maximum atomic E-state index is 6.43. The minimum atomic E-state index is 0.0572. The standard InChI is InChI=1S/C22H22Cl3NO2/c1-5-7-14-15(23)11-17-21(20(14)25)28-19(26-17)12-27-18-9-8-13(10-16(18)24)22(3,4)6-2/h5,8-11H,1,6-7,12H2,2-4H3. The summed E-state index contributed by atoms with van der Waals surface area (Å²) in [4.78, 5) is 4.42. The van der Waals surface area contributed by atoms with Crippen LogP contribution in [0.3, 0.4) is 0 Å². The summed E-state index contributed by atoms with van der Waals surface area (Å²) in [7, 11) is 0. The van der Waals surface area contributed by atoms with Gasteiger partial charge < -0.3 is 9.15 Å². The number of aromatic nitrogens is 1. The average molecular weight is 439 g/mol. The number of hydrogen-bond acceptors (Lipinski definition) is 3. The molecule has 0 bridgehead atoms. The van der Waals surface area contributed by atoms with Gasteiger partial charge in [-0.25, -0.2) is 4.98 Å². The Balaban J connectivity index is 1.82. The van der Waals surface area contributed by atoms with Crippen molar-refractivity contribution >= 4 is 45.9 Å². The average Bonchev–Trinajstić information content (AvgIpc) is 3.07. The van der Waals surface area contributed by atoms with Crippen LogP contribution in [0.25, 0.3) is 11.1 Å². The smallest absolute Gasteiger partial charge is 0.233 e. The van der Waals surface area contributed by atoms with E-state index >= 15 is 0 Å². The van der Waals surface area contributed by atoms with Crippen LogP contribution in [0.5, 0.6) is 5.75 Å². The Labute approximate surface area is 180 Å². The van der Waals surface area contributed by atoms with E-state index in [1.54, 1.807) is 12.1 Å². The number of oxazole rings is 1. The first kappa shape index (κ1) is 21.0. The van der Waals surface area contributed by atoms with Crippen molar-refractivity contribution in [1.82, 2.24) is 4.98 Å². The summed E-state index contributed by atoms with van der Waals surface area (Å²) in [5, 5.41) is 1.55. The summed E-state index contributed by atoms with van der Waals surface area (Å²) < 4.78 is 11.6. The minimum absolute atomic E-state index is 0.0572. The molecule has 2 aromatic carbocycles. The van der Waals surface area contributed by atoms with Crippen molar-refractivity contribution in [2.24, 2.45) is 0 Å². The van der Waals surface area contributed by atoms with Crippen molar-refractivity contribution in [3.63, 3.8) is 0 Å². The zero-order chi connectivity index (χ0) is 20.5. The number of halogens is 3. The van der Waals surface area contributed by atoms with Crippen molar-refractivity contribution in [3.05, 3.63) is 69.0 Å². The molecule has 0 atom stereocenters. The Bertz CT molecular complexity index is 1020. The van der Waals surface area contributed by atoms with E-state index in [4.69, 9.17) is 44.0 Å². The van der Waals surface area contributed by atoms with E-state index in [-0.39, 0.29) is 12.0 Å². The summed E-state index contributed by atoms with van der Waals surface area (Å²) in [6.07, 6.45) is 3.31. The van der Waals surface area contributed by atoms with Crippen LogP contribution >= 0.6 is 34.8 Å². The van der Waals surface area contributed by atoms with Gasteiger partial charge in [0.2, 0.25) is 5.89 Å². The zero-order valence-electron chi connectivity index (χ0n) is 16.1. The third kappa shape index (κ3) is 4.17. The molecule has 0 unspecified atom stereocenters. The molecule has 0 saturated heterocycles. The third-order valence-electron chi connectivity index (χ3n) is 5.01. The molecule has 1 heterocycles. The molecule has 1 aromatic heterocycles. The number of hydrogen-bond donors (Lipinski definition) is 0. The number of allylic oxidation sites excluding steroid dienone is 1. The monoisotopic (exact) mass is 437 g/mol. The van der Waals surface area contributed by atoms with Gasteiger partial charge >= 0.3 is 0 Å². The van der Waals surface area contributed by atoms with Crippen LogP contribution in [0.2, 0.25) is 15.1 Å². The number of nitrogens with zero attached hydrogens (tertiary/aromatic N) is 1. The Hall–Kier alpha value is -1.68. The molecule has 0 aliphatic rings. The van der Waals surface area contributed by atoms with Gasteiger partial charge in [-0.05, 0) is 47.6 Å². The zero-order valence-corrected chi connectivity index (χ0v) is 18.4. The van der Waals surface area contributed by atoms with Gasteiger partial charge in [0.25, 0.3) is 0 Å². The van der Waals surface area contributed by atoms with Crippen molar-refractivity contribution in [3.8, 4) is 5.75 Å². The molecule has 0 radical (unpaired) electrons. The molecule has 148 valence electrons. The molecule has 0 amide bonds. The lowest BCUT2D eigenvalue weighted by Gasteiger charge is -2.24. The molecule has 0 aliphatic carbocycles. The number of ether oxygens (including phenoxy) is 1. The minimum Gasteiger partial charge on any atom is -0.482 e. The maximum absolute atomic E-state index is 6.43. The SMILES string of the molecule is C=CCc1c(Cl)cc2nc(COc3ccc(C(C)(C)CC)cc3Cl)oc2c1Cl. The van der Waals surface area contributed by atoms with E-state index in [0.29, 0.717) is 44.2 Å². The molecule has 6 heteroatoms. The first-order valence-corrected chi connectivity index (χ1v) is 10.2. The van der Waals surface area contributed by atoms with Gasteiger partial charge in [0.05, 0.1) is 10.0 Å². The largest absolute Gasteiger partial charge is 0.482 e. The highest BCUT2D eigenvalue weighted by atomic mass is 35.5. The molecule has 0 aliphatic heterocycles. The fourth-order valence-electron chi connectivity index (χ4n) is 2.86. The van der Waals surface area contributed by atoms with Crippen LogP contribution in [-0.2, 0) is 18.4 Å².